The topological polar surface area (TPSA) is 95.1 Å². The van der Waals surface area contributed by atoms with Gasteiger partial charge in [0, 0.05) is 10.7 Å². The molecule has 2 rings (SSSR count). The molecule has 8 heteroatoms. The molecule has 0 saturated carbocycles. The fourth-order valence-electron chi connectivity index (χ4n) is 2.30. The van der Waals surface area contributed by atoms with Crippen LogP contribution in [0.2, 0.25) is 5.02 Å². The van der Waals surface area contributed by atoms with Gasteiger partial charge >= 0.3 is 0 Å². The molecule has 2 aromatic carbocycles. The van der Waals surface area contributed by atoms with Gasteiger partial charge in [0.15, 0.2) is 18.1 Å². The molecule has 0 aromatic heterocycles. The first-order valence-corrected chi connectivity index (χ1v) is 9.41. The summed E-state index contributed by atoms with van der Waals surface area (Å²) in [5.74, 6) is 0.280. The van der Waals surface area contributed by atoms with Crippen LogP contribution in [0, 0.1) is 33.2 Å². The molecule has 1 N–H and O–H groups in total. The zero-order valence-corrected chi connectivity index (χ0v) is 18.0. The summed E-state index contributed by atoms with van der Waals surface area (Å²) in [6.07, 6.45) is 1.45. The van der Waals surface area contributed by atoms with Crippen molar-refractivity contribution in [1.29, 1.82) is 10.5 Å². The number of anilines is 1. The summed E-state index contributed by atoms with van der Waals surface area (Å²) >= 11 is 8.00. The second kappa shape index (κ2) is 9.98. The van der Waals surface area contributed by atoms with Crippen molar-refractivity contribution < 1.29 is 14.3 Å². The number of ether oxygens (including phenoxy) is 2. The van der Waals surface area contributed by atoms with Crippen LogP contribution in [0.1, 0.15) is 11.1 Å². The van der Waals surface area contributed by atoms with E-state index in [0.29, 0.717) is 31.3 Å². The predicted octanol–water partition coefficient (Wildman–Crippen LogP) is 4.71. The summed E-state index contributed by atoms with van der Waals surface area (Å²) in [5.41, 5.74) is 1.86. The highest BCUT2D eigenvalue weighted by Gasteiger charge is 2.14. The van der Waals surface area contributed by atoms with E-state index < -0.39 is 5.91 Å². The number of hydrogen-bond donors (Lipinski definition) is 1. The SMILES string of the molecule is COc1cc(/C=C(\C#N)C(=O)Nc2cc(Cl)ccc2C)cc(I)c1OCC#N. The molecule has 0 bridgehead atoms. The van der Waals surface area contributed by atoms with E-state index in [1.165, 1.54) is 13.2 Å². The summed E-state index contributed by atoms with van der Waals surface area (Å²) in [6.45, 7) is 1.71. The maximum Gasteiger partial charge on any atom is 0.266 e. The van der Waals surface area contributed by atoms with E-state index in [4.69, 9.17) is 26.3 Å². The van der Waals surface area contributed by atoms with Crippen LogP contribution in [-0.4, -0.2) is 19.6 Å². The first kappa shape index (κ1) is 21.5. The van der Waals surface area contributed by atoms with Crippen LogP contribution in [0.4, 0.5) is 5.69 Å². The highest BCUT2D eigenvalue weighted by Crippen LogP contribution is 2.34. The fraction of sp³-hybridized carbons (Fsp3) is 0.150. The molecule has 2 aromatic rings. The largest absolute Gasteiger partial charge is 0.493 e. The predicted molar refractivity (Wildman–Crippen MR) is 115 cm³/mol. The standard InChI is InChI=1S/C20H15ClIN3O3/c1-12-3-4-15(21)10-17(12)25-20(26)14(11-24)7-13-8-16(22)19(28-6-5-23)18(9-13)27-2/h3-4,7-10H,6H2,1-2H3,(H,25,26)/b14-7+. The summed E-state index contributed by atoms with van der Waals surface area (Å²) in [5, 5.41) is 21.3. The first-order chi connectivity index (χ1) is 13.4. The maximum atomic E-state index is 12.5. The Balaban J connectivity index is 2.34. The average molecular weight is 508 g/mol. The molecule has 0 atom stereocenters. The van der Waals surface area contributed by atoms with Crippen molar-refractivity contribution in [1.82, 2.24) is 0 Å². The van der Waals surface area contributed by atoms with Gasteiger partial charge in [0.2, 0.25) is 0 Å². The number of benzene rings is 2. The zero-order valence-electron chi connectivity index (χ0n) is 15.0. The molecule has 6 nitrogen and oxygen atoms in total. The third kappa shape index (κ3) is 5.38. The monoisotopic (exact) mass is 507 g/mol. The Morgan fingerprint density at radius 1 is 1.32 bits per heavy atom. The van der Waals surface area contributed by atoms with Crippen molar-refractivity contribution in [3.05, 3.63) is 55.6 Å². The van der Waals surface area contributed by atoms with E-state index >= 15 is 0 Å². The lowest BCUT2D eigenvalue weighted by Crippen LogP contribution is -2.14. The molecule has 0 fully saturated rings. The Kier molecular flexibility index (Phi) is 7.68. The second-order valence-corrected chi connectivity index (χ2v) is 7.16. The van der Waals surface area contributed by atoms with Crippen molar-refractivity contribution in [3.63, 3.8) is 0 Å². The van der Waals surface area contributed by atoms with E-state index in [2.05, 4.69) is 5.32 Å². The molecule has 0 unspecified atom stereocenters. The number of amides is 1. The van der Waals surface area contributed by atoms with Crippen LogP contribution in [-0.2, 0) is 4.79 Å². The molecule has 0 aliphatic carbocycles. The number of halogens is 2. The van der Waals surface area contributed by atoms with Crippen molar-refractivity contribution in [2.24, 2.45) is 0 Å². The molecular weight excluding hydrogens is 493 g/mol. The zero-order chi connectivity index (χ0) is 20.7. The molecule has 28 heavy (non-hydrogen) atoms. The minimum atomic E-state index is -0.549. The molecule has 1 amide bonds. The van der Waals surface area contributed by atoms with Gasteiger partial charge in [-0.1, -0.05) is 17.7 Å². The number of hydrogen-bond acceptors (Lipinski definition) is 5. The van der Waals surface area contributed by atoms with Crippen molar-refractivity contribution in [2.75, 3.05) is 19.0 Å². The van der Waals surface area contributed by atoms with Gasteiger partial charge in [-0.2, -0.15) is 10.5 Å². The Bertz CT molecular complexity index is 1020. The third-order valence-electron chi connectivity index (χ3n) is 3.66. The molecule has 0 heterocycles. The van der Waals surface area contributed by atoms with Crippen LogP contribution in [0.15, 0.2) is 35.9 Å². The maximum absolute atomic E-state index is 12.5. The summed E-state index contributed by atoms with van der Waals surface area (Å²) < 4.78 is 11.4. The van der Waals surface area contributed by atoms with Gasteiger partial charge in [-0.3, -0.25) is 4.79 Å². The molecule has 0 spiro atoms. The summed E-state index contributed by atoms with van der Waals surface area (Å²) in [4.78, 5) is 12.5. The van der Waals surface area contributed by atoms with Crippen LogP contribution in [0.3, 0.4) is 0 Å². The number of nitriles is 2. The highest BCUT2D eigenvalue weighted by atomic mass is 127. The second-order valence-electron chi connectivity index (χ2n) is 5.56. The highest BCUT2D eigenvalue weighted by molar-refractivity contribution is 14.1. The lowest BCUT2D eigenvalue weighted by molar-refractivity contribution is -0.112. The van der Waals surface area contributed by atoms with Crippen LogP contribution < -0.4 is 14.8 Å². The number of rotatable bonds is 6. The van der Waals surface area contributed by atoms with Crippen molar-refractivity contribution in [3.8, 4) is 23.6 Å². The van der Waals surface area contributed by atoms with Crippen LogP contribution in [0.5, 0.6) is 11.5 Å². The molecular formula is C20H15ClIN3O3. The number of aryl methyl sites for hydroxylation is 1. The third-order valence-corrected chi connectivity index (χ3v) is 4.69. The lowest BCUT2D eigenvalue weighted by Gasteiger charge is -2.12. The fourth-order valence-corrected chi connectivity index (χ4v) is 3.25. The Morgan fingerprint density at radius 3 is 2.71 bits per heavy atom. The number of nitrogens with zero attached hydrogens (tertiary/aromatic N) is 2. The Hall–Kier alpha value is -2.75. The number of nitrogens with one attached hydrogen (secondary N) is 1. The van der Waals surface area contributed by atoms with E-state index in [0.717, 1.165) is 5.56 Å². The Labute approximate surface area is 181 Å². The summed E-state index contributed by atoms with van der Waals surface area (Å²) in [7, 11) is 1.47. The van der Waals surface area contributed by atoms with E-state index in [9.17, 15) is 10.1 Å². The van der Waals surface area contributed by atoms with E-state index in [-0.39, 0.29) is 12.2 Å². The molecule has 0 radical (unpaired) electrons. The number of carbonyl (C=O) groups excluding carboxylic acids is 1. The minimum absolute atomic E-state index is 0.0806. The van der Waals surface area contributed by atoms with Crippen LogP contribution >= 0.6 is 34.2 Å². The van der Waals surface area contributed by atoms with E-state index in [1.54, 1.807) is 30.3 Å². The quantitative estimate of drug-likeness (QED) is 0.347. The normalized spacial score (nSPS) is 10.6. The van der Waals surface area contributed by atoms with Gasteiger partial charge < -0.3 is 14.8 Å². The van der Waals surface area contributed by atoms with Gasteiger partial charge in [-0.25, -0.2) is 0 Å². The van der Waals surface area contributed by atoms with Gasteiger partial charge in [0.1, 0.15) is 17.7 Å². The molecule has 0 saturated heterocycles. The van der Waals surface area contributed by atoms with Crippen molar-refractivity contribution >= 4 is 51.9 Å². The molecule has 0 aliphatic rings. The van der Waals surface area contributed by atoms with Crippen molar-refractivity contribution in [2.45, 2.75) is 6.92 Å². The van der Waals surface area contributed by atoms with Gasteiger partial charge in [-0.15, -0.1) is 0 Å². The first-order valence-electron chi connectivity index (χ1n) is 7.96. The van der Waals surface area contributed by atoms with Gasteiger partial charge in [-0.05, 0) is 71.0 Å². The number of carbonyl (C=O) groups is 1. The number of methoxy groups -OCH3 is 1. The lowest BCUT2D eigenvalue weighted by atomic mass is 10.1. The van der Waals surface area contributed by atoms with E-state index in [1.807, 2.05) is 41.7 Å². The van der Waals surface area contributed by atoms with Gasteiger partial charge in [0.25, 0.3) is 5.91 Å². The molecule has 0 aliphatic heterocycles. The minimum Gasteiger partial charge on any atom is -0.493 e. The average Bonchev–Trinajstić information content (AvgIpc) is 2.67. The van der Waals surface area contributed by atoms with Crippen LogP contribution in [0.25, 0.3) is 6.08 Å². The Morgan fingerprint density at radius 2 is 2.07 bits per heavy atom. The smallest absolute Gasteiger partial charge is 0.266 e. The summed E-state index contributed by atoms with van der Waals surface area (Å²) in [6, 6.07) is 12.3. The molecule has 142 valence electrons. The van der Waals surface area contributed by atoms with Gasteiger partial charge in [0.05, 0.1) is 10.7 Å².